The van der Waals surface area contributed by atoms with Gasteiger partial charge in [0.2, 0.25) is 0 Å². The van der Waals surface area contributed by atoms with Crippen LogP contribution < -0.4 is 11.4 Å². The van der Waals surface area contributed by atoms with Crippen LogP contribution >= 0.6 is 0 Å². The van der Waals surface area contributed by atoms with E-state index in [4.69, 9.17) is 23.4 Å². The Balaban J connectivity index is 1.90. The van der Waals surface area contributed by atoms with Crippen LogP contribution in [0.5, 0.6) is 0 Å². The van der Waals surface area contributed by atoms with Gasteiger partial charge in [-0.2, -0.15) is 4.98 Å². The smallest absolute Gasteiger partial charge is 0.351 e. The van der Waals surface area contributed by atoms with E-state index >= 15 is 0 Å². The molecule has 0 bridgehead atoms. The Labute approximate surface area is 141 Å². The van der Waals surface area contributed by atoms with E-state index in [0.29, 0.717) is 0 Å². The number of nitrogens with two attached hydrogens (primary N) is 1. The minimum atomic E-state index is -2.52. The second kappa shape index (κ2) is 6.02. The molecule has 2 saturated heterocycles. The fraction of sp³-hybridized carbons (Fsp3) is 0.692. The molecule has 24 heavy (non-hydrogen) atoms. The van der Waals surface area contributed by atoms with Crippen molar-refractivity contribution < 1.29 is 22.8 Å². The van der Waals surface area contributed by atoms with Gasteiger partial charge in [0.15, 0.2) is 6.23 Å². The molecule has 0 aliphatic carbocycles. The maximum atomic E-state index is 12.0. The van der Waals surface area contributed by atoms with Crippen molar-refractivity contribution >= 4 is 22.9 Å². The lowest BCUT2D eigenvalue weighted by molar-refractivity contribution is -0.0572. The predicted octanol–water partition coefficient (Wildman–Crippen LogP) is -0.0806. The number of rotatable bonds is 1. The molecule has 0 saturated carbocycles. The molecule has 3 heterocycles. The number of anilines is 1. The first-order chi connectivity index (χ1) is 11.1. The first-order valence-electron chi connectivity index (χ1n) is 7.78. The summed E-state index contributed by atoms with van der Waals surface area (Å²) in [7, 11) is -4.85. The highest BCUT2D eigenvalue weighted by Gasteiger charge is 2.52. The van der Waals surface area contributed by atoms with E-state index in [0.717, 1.165) is 0 Å². The molecule has 2 fully saturated rings. The SMILES string of the molecule is C[Si]1(C)OC[C@H]2OC(n3ccc(N)nc3=O)[C@H](O)[C@@H]2O[Si](C)(C)O1. The summed E-state index contributed by atoms with van der Waals surface area (Å²) >= 11 is 0. The molecule has 134 valence electrons. The highest BCUT2D eigenvalue weighted by Crippen LogP contribution is 2.35. The Kier molecular flexibility index (Phi) is 4.44. The molecule has 11 heteroatoms. The molecule has 0 radical (unpaired) electrons. The van der Waals surface area contributed by atoms with Crippen molar-refractivity contribution in [3.63, 3.8) is 0 Å². The van der Waals surface area contributed by atoms with Crippen LogP contribution in [0.25, 0.3) is 0 Å². The lowest BCUT2D eigenvalue weighted by Gasteiger charge is -2.39. The standard InChI is InChI=1S/C13H23N3O6Si2/c1-23(2)19-7-8-11(21-24(3,4)22-23)10(17)12(20-8)16-6-5-9(14)15-13(16)18/h5-6,8,10-12,17H,7H2,1-4H3,(H2,14,15,18)/t8-,10-,11-,12?/m1/s1. The third kappa shape index (κ3) is 3.47. The summed E-state index contributed by atoms with van der Waals surface area (Å²) in [6.07, 6.45) is -1.61. The fourth-order valence-corrected chi connectivity index (χ4v) is 9.78. The summed E-state index contributed by atoms with van der Waals surface area (Å²) in [6.45, 7) is 7.94. The highest BCUT2D eigenvalue weighted by molar-refractivity contribution is 6.78. The number of nitrogen functional groups attached to an aromatic ring is 1. The average molecular weight is 374 g/mol. The quantitative estimate of drug-likeness (QED) is 0.656. The van der Waals surface area contributed by atoms with Gasteiger partial charge in [-0.15, -0.1) is 0 Å². The molecule has 1 aromatic heterocycles. The van der Waals surface area contributed by atoms with Crippen molar-refractivity contribution in [3.05, 3.63) is 22.7 Å². The Morgan fingerprint density at radius 2 is 2.04 bits per heavy atom. The first kappa shape index (κ1) is 17.7. The molecular weight excluding hydrogens is 350 g/mol. The van der Waals surface area contributed by atoms with Crippen LogP contribution in [0.2, 0.25) is 26.2 Å². The molecule has 9 nitrogen and oxygen atoms in total. The number of hydrogen-bond donors (Lipinski definition) is 2. The summed E-state index contributed by atoms with van der Waals surface area (Å²) in [6, 6.07) is 1.48. The van der Waals surface area contributed by atoms with Crippen LogP contribution in [0.4, 0.5) is 5.82 Å². The molecule has 0 amide bonds. The topological polar surface area (TPSA) is 118 Å². The molecule has 3 rings (SSSR count). The van der Waals surface area contributed by atoms with Crippen LogP contribution in [0.3, 0.4) is 0 Å². The van der Waals surface area contributed by atoms with Crippen molar-refractivity contribution in [3.8, 4) is 0 Å². The minimum absolute atomic E-state index is 0.115. The summed E-state index contributed by atoms with van der Waals surface area (Å²) in [5, 5.41) is 10.7. The zero-order valence-corrected chi connectivity index (χ0v) is 16.1. The van der Waals surface area contributed by atoms with Gasteiger partial charge in [0.05, 0.1) is 6.61 Å². The first-order valence-corrected chi connectivity index (χ1v) is 13.4. The van der Waals surface area contributed by atoms with Gasteiger partial charge in [0.1, 0.15) is 24.1 Å². The van der Waals surface area contributed by atoms with Crippen molar-refractivity contribution in [2.45, 2.75) is 50.7 Å². The van der Waals surface area contributed by atoms with Gasteiger partial charge in [0, 0.05) is 6.20 Å². The van der Waals surface area contributed by atoms with Crippen LogP contribution in [0.1, 0.15) is 6.23 Å². The van der Waals surface area contributed by atoms with Gasteiger partial charge < -0.3 is 28.5 Å². The maximum absolute atomic E-state index is 12.0. The number of ether oxygens (including phenoxy) is 1. The lowest BCUT2D eigenvalue weighted by atomic mass is 10.1. The number of nitrogens with zero attached hydrogens (tertiary/aromatic N) is 2. The normalized spacial score (nSPS) is 35.0. The predicted molar refractivity (Wildman–Crippen MR) is 89.7 cm³/mol. The minimum Gasteiger partial charge on any atom is -0.415 e. The van der Waals surface area contributed by atoms with Gasteiger partial charge >= 0.3 is 22.8 Å². The largest absolute Gasteiger partial charge is 0.415 e. The van der Waals surface area contributed by atoms with E-state index in [-0.39, 0.29) is 12.4 Å². The molecule has 0 spiro atoms. The molecular formula is C13H23N3O6Si2. The summed E-state index contributed by atoms with van der Waals surface area (Å²) in [4.78, 5) is 15.7. The fourth-order valence-electron chi connectivity index (χ4n) is 3.10. The number of aliphatic hydroxyl groups is 1. The van der Waals surface area contributed by atoms with E-state index in [2.05, 4.69) is 4.98 Å². The summed E-state index contributed by atoms with van der Waals surface area (Å²) in [5.41, 5.74) is 4.92. The van der Waals surface area contributed by atoms with Gasteiger partial charge in [-0.25, -0.2) is 4.79 Å². The molecule has 2 aliphatic rings. The van der Waals surface area contributed by atoms with Crippen LogP contribution in [0.15, 0.2) is 17.1 Å². The number of fused-ring (bicyclic) bond motifs is 1. The second-order valence-electron chi connectivity index (χ2n) is 6.89. The number of aliphatic hydroxyl groups excluding tert-OH is 1. The summed E-state index contributed by atoms with van der Waals surface area (Å²) < 4.78 is 25.2. The van der Waals surface area contributed by atoms with Crippen LogP contribution in [-0.2, 0) is 17.7 Å². The Morgan fingerprint density at radius 1 is 1.33 bits per heavy atom. The van der Waals surface area contributed by atoms with E-state index in [9.17, 15) is 9.90 Å². The van der Waals surface area contributed by atoms with E-state index in [1.807, 2.05) is 26.2 Å². The maximum Gasteiger partial charge on any atom is 0.351 e. The van der Waals surface area contributed by atoms with Gasteiger partial charge in [-0.3, -0.25) is 4.57 Å². The van der Waals surface area contributed by atoms with Crippen molar-refractivity contribution in [2.24, 2.45) is 0 Å². The average Bonchev–Trinajstić information content (AvgIpc) is 2.71. The van der Waals surface area contributed by atoms with Gasteiger partial charge in [-0.05, 0) is 32.3 Å². The Bertz CT molecular complexity index is 682. The monoisotopic (exact) mass is 373 g/mol. The molecule has 2 aliphatic heterocycles. The van der Waals surface area contributed by atoms with Crippen molar-refractivity contribution in [1.82, 2.24) is 9.55 Å². The molecule has 1 aromatic rings. The van der Waals surface area contributed by atoms with Crippen LogP contribution in [0, 0.1) is 0 Å². The zero-order chi connectivity index (χ0) is 17.7. The second-order valence-corrected chi connectivity index (χ2v) is 13.8. The molecule has 4 atom stereocenters. The highest BCUT2D eigenvalue weighted by atomic mass is 28.5. The Morgan fingerprint density at radius 3 is 2.71 bits per heavy atom. The van der Waals surface area contributed by atoms with Crippen LogP contribution in [-0.4, -0.2) is 56.7 Å². The molecule has 0 aromatic carbocycles. The zero-order valence-electron chi connectivity index (χ0n) is 14.1. The van der Waals surface area contributed by atoms with Crippen molar-refractivity contribution in [2.75, 3.05) is 12.3 Å². The lowest BCUT2D eigenvalue weighted by Crippen LogP contribution is -2.56. The summed E-state index contributed by atoms with van der Waals surface area (Å²) in [5.74, 6) is 0.115. The molecule has 3 N–H and O–H groups in total. The van der Waals surface area contributed by atoms with E-state index in [1.54, 1.807) is 0 Å². The Hall–Kier alpha value is -1.09. The third-order valence-corrected chi connectivity index (χ3v) is 9.58. The number of hydrogen-bond acceptors (Lipinski definition) is 8. The van der Waals surface area contributed by atoms with Gasteiger partial charge in [0.25, 0.3) is 0 Å². The third-order valence-electron chi connectivity index (χ3n) is 3.94. The van der Waals surface area contributed by atoms with E-state index < -0.39 is 47.4 Å². The van der Waals surface area contributed by atoms with Crippen molar-refractivity contribution in [1.29, 1.82) is 0 Å². The number of aromatic nitrogens is 2. The molecule has 1 unspecified atom stereocenters. The van der Waals surface area contributed by atoms with Gasteiger partial charge in [-0.1, -0.05) is 0 Å². The van der Waals surface area contributed by atoms with E-state index in [1.165, 1.54) is 16.8 Å².